The van der Waals surface area contributed by atoms with Gasteiger partial charge in [0.2, 0.25) is 0 Å². The van der Waals surface area contributed by atoms with E-state index in [0.29, 0.717) is 18.6 Å². The fourth-order valence-electron chi connectivity index (χ4n) is 3.66. The van der Waals surface area contributed by atoms with Gasteiger partial charge in [0.05, 0.1) is 43.0 Å². The van der Waals surface area contributed by atoms with E-state index in [2.05, 4.69) is 4.98 Å². The lowest BCUT2D eigenvalue weighted by Gasteiger charge is -2.31. The zero-order valence-electron chi connectivity index (χ0n) is 16.3. The molecular formula is C21H22FN3O4. The highest BCUT2D eigenvalue weighted by Gasteiger charge is 2.28. The average molecular weight is 399 g/mol. The van der Waals surface area contributed by atoms with Gasteiger partial charge in [-0.15, -0.1) is 0 Å². The van der Waals surface area contributed by atoms with E-state index in [-0.39, 0.29) is 30.7 Å². The molecule has 0 saturated carbocycles. The van der Waals surface area contributed by atoms with E-state index in [9.17, 15) is 19.1 Å². The number of hydrogen-bond donors (Lipinski definition) is 1. The number of fused-ring (bicyclic) bond motifs is 2. The van der Waals surface area contributed by atoms with Crippen LogP contribution in [0.4, 0.5) is 4.39 Å². The van der Waals surface area contributed by atoms with Crippen molar-refractivity contribution in [3.63, 3.8) is 0 Å². The van der Waals surface area contributed by atoms with Crippen LogP contribution in [0, 0.1) is 5.82 Å². The van der Waals surface area contributed by atoms with Crippen LogP contribution >= 0.6 is 0 Å². The molecule has 1 aliphatic heterocycles. The third kappa shape index (κ3) is 3.49. The molecule has 2 aromatic heterocycles. The number of benzene rings is 1. The molecule has 4 rings (SSSR count). The standard InChI is InChI=1S/C21H22FN3O4/c1-21(2)10-17-14(12-29-21)9-15-18(23-17)25(11-13-5-3-4-6-16(13)22)20(28)24(7-8-26)19(15)27/h3-6,9,26H,7-8,10-12H2,1-2H3. The second kappa shape index (κ2) is 7.20. The molecule has 0 saturated heterocycles. The van der Waals surface area contributed by atoms with Crippen molar-refractivity contribution >= 4 is 11.0 Å². The topological polar surface area (TPSA) is 86.3 Å². The fourth-order valence-corrected chi connectivity index (χ4v) is 3.66. The number of rotatable bonds is 4. The molecule has 1 N–H and O–H groups in total. The van der Waals surface area contributed by atoms with Crippen molar-refractivity contribution in [3.8, 4) is 0 Å². The summed E-state index contributed by atoms with van der Waals surface area (Å²) >= 11 is 0. The molecule has 3 aromatic rings. The summed E-state index contributed by atoms with van der Waals surface area (Å²) in [6.45, 7) is 3.64. The van der Waals surface area contributed by atoms with Crippen LogP contribution in [0.15, 0.2) is 39.9 Å². The van der Waals surface area contributed by atoms with E-state index in [1.807, 2.05) is 13.8 Å². The number of pyridine rings is 1. The van der Waals surface area contributed by atoms with E-state index < -0.39 is 22.7 Å². The van der Waals surface area contributed by atoms with E-state index >= 15 is 0 Å². The first-order valence-corrected chi connectivity index (χ1v) is 9.45. The van der Waals surface area contributed by atoms with Crippen LogP contribution in [0.3, 0.4) is 0 Å². The van der Waals surface area contributed by atoms with Crippen LogP contribution in [-0.4, -0.2) is 31.4 Å². The maximum absolute atomic E-state index is 14.2. The molecule has 0 atom stereocenters. The van der Waals surface area contributed by atoms with Crippen molar-refractivity contribution in [2.24, 2.45) is 0 Å². The highest BCUT2D eigenvalue weighted by Crippen LogP contribution is 2.28. The summed E-state index contributed by atoms with van der Waals surface area (Å²) in [4.78, 5) is 30.6. The van der Waals surface area contributed by atoms with Gasteiger partial charge in [-0.05, 0) is 26.0 Å². The number of halogens is 1. The Kier molecular flexibility index (Phi) is 4.84. The second-order valence-electron chi connectivity index (χ2n) is 7.83. The molecule has 0 unspecified atom stereocenters. The van der Waals surface area contributed by atoms with Gasteiger partial charge >= 0.3 is 5.69 Å². The van der Waals surface area contributed by atoms with Crippen molar-refractivity contribution in [1.29, 1.82) is 0 Å². The molecule has 1 aliphatic rings. The van der Waals surface area contributed by atoms with Gasteiger partial charge in [-0.1, -0.05) is 18.2 Å². The molecular weight excluding hydrogens is 377 g/mol. The van der Waals surface area contributed by atoms with Crippen molar-refractivity contribution < 1.29 is 14.2 Å². The molecule has 0 radical (unpaired) electrons. The van der Waals surface area contributed by atoms with Crippen LogP contribution in [0.1, 0.15) is 30.7 Å². The van der Waals surface area contributed by atoms with Gasteiger partial charge < -0.3 is 9.84 Å². The van der Waals surface area contributed by atoms with E-state index in [1.165, 1.54) is 10.6 Å². The molecule has 0 bridgehead atoms. The molecule has 0 aliphatic carbocycles. The highest BCUT2D eigenvalue weighted by molar-refractivity contribution is 5.75. The summed E-state index contributed by atoms with van der Waals surface area (Å²) < 4.78 is 22.3. The minimum atomic E-state index is -0.626. The Morgan fingerprint density at radius 3 is 2.72 bits per heavy atom. The summed E-state index contributed by atoms with van der Waals surface area (Å²) in [6, 6.07) is 7.86. The third-order valence-electron chi connectivity index (χ3n) is 5.19. The molecule has 0 fully saturated rings. The molecule has 152 valence electrons. The number of nitrogens with zero attached hydrogens (tertiary/aromatic N) is 3. The van der Waals surface area contributed by atoms with Gasteiger partial charge in [0.15, 0.2) is 0 Å². The maximum atomic E-state index is 14.2. The Bertz CT molecular complexity index is 1210. The van der Waals surface area contributed by atoms with E-state index in [4.69, 9.17) is 4.74 Å². The van der Waals surface area contributed by atoms with Gasteiger partial charge in [-0.2, -0.15) is 0 Å². The Balaban J connectivity index is 2.00. The predicted molar refractivity (Wildman–Crippen MR) is 105 cm³/mol. The fraction of sp³-hybridized carbons (Fsp3) is 0.381. The number of aromatic nitrogens is 3. The summed E-state index contributed by atoms with van der Waals surface area (Å²) in [5.41, 5.74) is 0.524. The Hall–Kier alpha value is -2.84. The highest BCUT2D eigenvalue weighted by atomic mass is 19.1. The first-order chi connectivity index (χ1) is 13.8. The molecule has 3 heterocycles. The third-order valence-corrected chi connectivity index (χ3v) is 5.19. The molecule has 29 heavy (non-hydrogen) atoms. The first kappa shape index (κ1) is 19.5. The van der Waals surface area contributed by atoms with Gasteiger partial charge in [-0.25, -0.2) is 14.2 Å². The van der Waals surface area contributed by atoms with Gasteiger partial charge in [0.25, 0.3) is 5.56 Å². The quantitative estimate of drug-likeness (QED) is 0.720. The lowest BCUT2D eigenvalue weighted by molar-refractivity contribution is -0.0411. The number of ether oxygens (including phenoxy) is 1. The SMILES string of the molecule is CC1(C)Cc2nc3c(cc2CO1)c(=O)n(CCO)c(=O)n3Cc1ccccc1F. The largest absolute Gasteiger partial charge is 0.395 e. The van der Waals surface area contributed by atoms with Crippen molar-refractivity contribution in [2.45, 2.75) is 45.6 Å². The minimum absolute atomic E-state index is 0.0700. The normalized spacial score (nSPS) is 15.4. The number of hydrogen-bond acceptors (Lipinski definition) is 5. The summed E-state index contributed by atoms with van der Waals surface area (Å²) in [5, 5.41) is 9.56. The lowest BCUT2D eigenvalue weighted by Crippen LogP contribution is -2.42. The number of aliphatic hydroxyl groups is 1. The van der Waals surface area contributed by atoms with Crippen molar-refractivity contribution in [1.82, 2.24) is 14.1 Å². The lowest BCUT2D eigenvalue weighted by atomic mass is 9.95. The monoisotopic (exact) mass is 399 g/mol. The maximum Gasteiger partial charge on any atom is 0.333 e. The molecule has 8 heteroatoms. The van der Waals surface area contributed by atoms with Crippen LogP contribution in [0.25, 0.3) is 11.0 Å². The first-order valence-electron chi connectivity index (χ1n) is 9.45. The van der Waals surface area contributed by atoms with Gasteiger partial charge in [-0.3, -0.25) is 13.9 Å². The molecule has 0 spiro atoms. The minimum Gasteiger partial charge on any atom is -0.395 e. The smallest absolute Gasteiger partial charge is 0.333 e. The molecule has 7 nitrogen and oxygen atoms in total. The summed E-state index contributed by atoms with van der Waals surface area (Å²) in [5.74, 6) is -0.444. The van der Waals surface area contributed by atoms with Crippen LogP contribution < -0.4 is 11.2 Å². The Morgan fingerprint density at radius 1 is 1.24 bits per heavy atom. The summed E-state index contributed by atoms with van der Waals surface area (Å²) in [7, 11) is 0. The zero-order valence-corrected chi connectivity index (χ0v) is 16.3. The Labute approximate surface area is 166 Å². The molecule has 0 amide bonds. The van der Waals surface area contributed by atoms with Crippen molar-refractivity contribution in [2.75, 3.05) is 6.61 Å². The van der Waals surface area contributed by atoms with E-state index in [1.54, 1.807) is 24.3 Å². The second-order valence-corrected chi connectivity index (χ2v) is 7.83. The van der Waals surface area contributed by atoms with Gasteiger partial charge in [0.1, 0.15) is 11.5 Å². The van der Waals surface area contributed by atoms with Crippen molar-refractivity contribution in [3.05, 3.63) is 73.8 Å². The van der Waals surface area contributed by atoms with E-state index in [0.717, 1.165) is 15.8 Å². The number of aliphatic hydroxyl groups excluding tert-OH is 1. The zero-order chi connectivity index (χ0) is 20.8. The van der Waals surface area contributed by atoms with Crippen LogP contribution in [0.5, 0.6) is 0 Å². The average Bonchev–Trinajstić information content (AvgIpc) is 2.68. The predicted octanol–water partition coefficient (Wildman–Crippen LogP) is 1.59. The van der Waals surface area contributed by atoms with Gasteiger partial charge in [0, 0.05) is 17.5 Å². The van der Waals surface area contributed by atoms with Crippen LogP contribution in [0.2, 0.25) is 0 Å². The molecule has 1 aromatic carbocycles. The Morgan fingerprint density at radius 2 is 2.00 bits per heavy atom. The van der Waals surface area contributed by atoms with Crippen LogP contribution in [-0.2, 0) is 30.9 Å². The summed E-state index contributed by atoms with van der Waals surface area (Å²) in [6.07, 6.45) is 0.534.